The van der Waals surface area contributed by atoms with Gasteiger partial charge in [-0.25, -0.2) is 14.6 Å². The number of amides is 2. The molecule has 0 bridgehead atoms. The number of nitrogens with one attached hydrogen (secondary N) is 2. The molecule has 2 aliphatic rings. The minimum absolute atomic E-state index is 0.290. The highest BCUT2D eigenvalue weighted by Crippen LogP contribution is 2.20. The number of aliphatic carboxylic acids is 1. The van der Waals surface area contributed by atoms with Crippen LogP contribution in [0.5, 0.6) is 0 Å². The van der Waals surface area contributed by atoms with E-state index in [2.05, 4.69) is 15.6 Å². The fraction of sp³-hybridized carbons (Fsp3) is 0.833. The second-order valence-corrected chi connectivity index (χ2v) is 5.36. The van der Waals surface area contributed by atoms with Crippen LogP contribution in [-0.2, 0) is 9.53 Å². The number of carbonyl (C=O) groups excluding carboxylic acids is 1. The third-order valence-electron chi connectivity index (χ3n) is 3.87. The summed E-state index contributed by atoms with van der Waals surface area (Å²) in [5.41, 5.74) is 1.51. The quantitative estimate of drug-likeness (QED) is 0.621. The van der Waals surface area contributed by atoms with Crippen LogP contribution in [0.2, 0.25) is 0 Å². The number of ether oxygens (including phenoxy) is 1. The first-order chi connectivity index (χ1) is 9.52. The van der Waals surface area contributed by atoms with Crippen molar-refractivity contribution in [2.75, 3.05) is 46.4 Å². The van der Waals surface area contributed by atoms with Crippen LogP contribution in [0, 0.1) is 0 Å². The van der Waals surface area contributed by atoms with Gasteiger partial charge in [-0.05, 0) is 7.05 Å². The molecule has 2 fully saturated rings. The average molecular weight is 286 g/mol. The Labute approximate surface area is 118 Å². The maximum absolute atomic E-state index is 12.0. The van der Waals surface area contributed by atoms with Crippen LogP contribution in [0.15, 0.2) is 0 Å². The third-order valence-corrected chi connectivity index (χ3v) is 3.87. The van der Waals surface area contributed by atoms with Gasteiger partial charge < -0.3 is 20.1 Å². The van der Waals surface area contributed by atoms with Crippen molar-refractivity contribution in [1.29, 1.82) is 0 Å². The smallest absolute Gasteiger partial charge is 0.330 e. The second-order valence-electron chi connectivity index (χ2n) is 5.36. The molecule has 0 radical (unpaired) electrons. The SMILES string of the molecule is CN1CCN(NC(=O)NC2(C(=O)O)CCOCC2)CC1. The minimum Gasteiger partial charge on any atom is -0.480 e. The lowest BCUT2D eigenvalue weighted by Gasteiger charge is -2.36. The Morgan fingerprint density at radius 1 is 1.15 bits per heavy atom. The summed E-state index contributed by atoms with van der Waals surface area (Å²) in [6.45, 7) is 3.90. The molecular formula is C12H22N4O4. The molecule has 0 atom stereocenters. The van der Waals surface area contributed by atoms with Gasteiger partial charge in [0.1, 0.15) is 5.54 Å². The Kier molecular flexibility index (Phi) is 4.79. The van der Waals surface area contributed by atoms with E-state index in [1.807, 2.05) is 12.1 Å². The van der Waals surface area contributed by atoms with Crippen molar-refractivity contribution in [1.82, 2.24) is 20.7 Å². The Bertz CT molecular complexity index is 362. The van der Waals surface area contributed by atoms with Gasteiger partial charge in [0.15, 0.2) is 0 Å². The molecule has 2 rings (SSSR count). The molecule has 0 aromatic rings. The lowest BCUT2D eigenvalue weighted by molar-refractivity contribution is -0.148. The molecule has 2 amide bonds. The number of carboxylic acids is 1. The summed E-state index contributed by atoms with van der Waals surface area (Å²) >= 11 is 0. The van der Waals surface area contributed by atoms with Crippen LogP contribution >= 0.6 is 0 Å². The molecule has 114 valence electrons. The van der Waals surface area contributed by atoms with Crippen molar-refractivity contribution >= 4 is 12.0 Å². The van der Waals surface area contributed by atoms with E-state index in [-0.39, 0.29) is 0 Å². The molecule has 2 saturated heterocycles. The first kappa shape index (κ1) is 15.0. The molecule has 3 N–H and O–H groups in total. The van der Waals surface area contributed by atoms with Crippen molar-refractivity contribution in [2.45, 2.75) is 18.4 Å². The van der Waals surface area contributed by atoms with Crippen LogP contribution in [0.1, 0.15) is 12.8 Å². The lowest BCUT2D eigenvalue weighted by atomic mass is 9.90. The highest BCUT2D eigenvalue weighted by molar-refractivity contribution is 5.86. The predicted molar refractivity (Wildman–Crippen MR) is 71.2 cm³/mol. The normalized spacial score (nSPS) is 24.1. The van der Waals surface area contributed by atoms with Gasteiger partial charge in [0.05, 0.1) is 0 Å². The fourth-order valence-corrected chi connectivity index (χ4v) is 2.42. The van der Waals surface area contributed by atoms with Gasteiger partial charge in [0.2, 0.25) is 0 Å². The number of hydrazine groups is 1. The highest BCUT2D eigenvalue weighted by atomic mass is 16.5. The summed E-state index contributed by atoms with van der Waals surface area (Å²) in [6, 6.07) is -0.459. The van der Waals surface area contributed by atoms with Gasteiger partial charge in [-0.1, -0.05) is 0 Å². The first-order valence-electron chi connectivity index (χ1n) is 6.85. The number of carbonyl (C=O) groups is 2. The van der Waals surface area contributed by atoms with Crippen LogP contribution in [-0.4, -0.2) is 79.0 Å². The van der Waals surface area contributed by atoms with Crippen molar-refractivity contribution in [3.05, 3.63) is 0 Å². The van der Waals surface area contributed by atoms with Crippen molar-refractivity contribution in [3.8, 4) is 0 Å². The third kappa shape index (κ3) is 3.59. The van der Waals surface area contributed by atoms with Gasteiger partial charge in [-0.2, -0.15) is 0 Å². The molecule has 2 heterocycles. The summed E-state index contributed by atoms with van der Waals surface area (Å²) in [5.74, 6) is -1.01. The average Bonchev–Trinajstić information content (AvgIpc) is 2.42. The van der Waals surface area contributed by atoms with Crippen LogP contribution in [0.4, 0.5) is 4.79 Å². The highest BCUT2D eigenvalue weighted by Gasteiger charge is 2.41. The van der Waals surface area contributed by atoms with Crippen LogP contribution in [0.3, 0.4) is 0 Å². The van der Waals surface area contributed by atoms with E-state index >= 15 is 0 Å². The topological polar surface area (TPSA) is 94.1 Å². The van der Waals surface area contributed by atoms with Gasteiger partial charge in [-0.3, -0.25) is 5.43 Å². The maximum Gasteiger partial charge on any atom is 0.330 e. The van der Waals surface area contributed by atoms with Crippen LogP contribution in [0.25, 0.3) is 0 Å². The molecule has 2 aliphatic heterocycles. The van der Waals surface area contributed by atoms with Crippen molar-refractivity contribution in [3.63, 3.8) is 0 Å². The van der Waals surface area contributed by atoms with Crippen molar-refractivity contribution < 1.29 is 19.4 Å². The maximum atomic E-state index is 12.0. The molecule has 0 spiro atoms. The molecule has 0 unspecified atom stereocenters. The largest absolute Gasteiger partial charge is 0.480 e. The van der Waals surface area contributed by atoms with E-state index in [0.29, 0.717) is 26.1 Å². The molecule has 0 saturated carbocycles. The number of likely N-dealkylation sites (N-methyl/N-ethyl adjacent to an activating group) is 1. The summed E-state index contributed by atoms with van der Waals surface area (Å²) in [4.78, 5) is 25.6. The molecule has 8 heteroatoms. The second kappa shape index (κ2) is 6.38. The number of hydrogen-bond donors (Lipinski definition) is 3. The Morgan fingerprint density at radius 2 is 1.75 bits per heavy atom. The van der Waals surface area contributed by atoms with Gasteiger partial charge in [0, 0.05) is 52.2 Å². The summed E-state index contributed by atoms with van der Waals surface area (Å²) in [5, 5.41) is 13.8. The zero-order valence-corrected chi connectivity index (χ0v) is 11.7. The fourth-order valence-electron chi connectivity index (χ4n) is 2.42. The zero-order chi connectivity index (χ0) is 14.6. The minimum atomic E-state index is -1.21. The van der Waals surface area contributed by atoms with Gasteiger partial charge in [-0.15, -0.1) is 0 Å². The molecule has 0 aromatic carbocycles. The molecular weight excluding hydrogens is 264 g/mol. The summed E-state index contributed by atoms with van der Waals surface area (Å²) < 4.78 is 5.17. The van der Waals surface area contributed by atoms with E-state index in [1.54, 1.807) is 0 Å². The lowest BCUT2D eigenvalue weighted by Crippen LogP contribution is -2.63. The van der Waals surface area contributed by atoms with E-state index in [9.17, 15) is 14.7 Å². The number of hydrogen-bond acceptors (Lipinski definition) is 5. The summed E-state index contributed by atoms with van der Waals surface area (Å²) in [7, 11) is 2.03. The Morgan fingerprint density at radius 3 is 2.30 bits per heavy atom. The number of rotatable bonds is 3. The van der Waals surface area contributed by atoms with E-state index < -0.39 is 17.5 Å². The number of piperazine rings is 1. The molecule has 8 nitrogen and oxygen atoms in total. The van der Waals surface area contributed by atoms with E-state index in [1.165, 1.54) is 0 Å². The van der Waals surface area contributed by atoms with E-state index in [4.69, 9.17) is 4.74 Å². The van der Waals surface area contributed by atoms with Crippen LogP contribution < -0.4 is 10.7 Å². The Hall–Kier alpha value is -1.38. The van der Waals surface area contributed by atoms with E-state index in [0.717, 1.165) is 26.2 Å². The standard InChI is InChI=1S/C12H22N4O4/c1-15-4-6-16(7-5-15)14-11(19)13-12(10(17)18)2-8-20-9-3-12/h2-9H2,1H3,(H,17,18)(H2,13,14,19). The van der Waals surface area contributed by atoms with Gasteiger partial charge >= 0.3 is 12.0 Å². The predicted octanol–water partition coefficient (Wildman–Crippen LogP) is -0.918. The summed E-state index contributed by atoms with van der Waals surface area (Å²) in [6.07, 6.45) is 0.580. The molecule has 20 heavy (non-hydrogen) atoms. The Balaban J connectivity index is 1.87. The zero-order valence-electron chi connectivity index (χ0n) is 11.7. The number of carboxylic acid groups (broad SMARTS) is 1. The van der Waals surface area contributed by atoms with Crippen molar-refractivity contribution in [2.24, 2.45) is 0 Å². The van der Waals surface area contributed by atoms with Gasteiger partial charge in [0.25, 0.3) is 0 Å². The number of urea groups is 1. The molecule has 0 aromatic heterocycles. The number of nitrogens with zero attached hydrogens (tertiary/aromatic N) is 2. The molecule has 0 aliphatic carbocycles. The monoisotopic (exact) mass is 286 g/mol. The first-order valence-corrected chi connectivity index (χ1v) is 6.85.